The van der Waals surface area contributed by atoms with Crippen LogP contribution in [-0.4, -0.2) is 28.9 Å². The van der Waals surface area contributed by atoms with Gasteiger partial charge in [0.1, 0.15) is 40.4 Å². The Hall–Kier alpha value is -3.98. The number of thioether (sulfide) groups is 1. The van der Waals surface area contributed by atoms with Gasteiger partial charge in [-0.3, -0.25) is 0 Å². The molecule has 0 saturated carbocycles. The Kier molecular flexibility index (Phi) is 5.85. The van der Waals surface area contributed by atoms with E-state index in [1.807, 2.05) is 43.6 Å². The van der Waals surface area contributed by atoms with Gasteiger partial charge in [-0.25, -0.2) is 4.98 Å². The molecule has 8 heteroatoms. The Morgan fingerprint density at radius 2 is 1.88 bits per heavy atom. The molecule has 0 bridgehead atoms. The molecule has 7 nitrogen and oxygen atoms in total. The second kappa shape index (κ2) is 9.11. The van der Waals surface area contributed by atoms with Gasteiger partial charge in [0.05, 0.1) is 18.8 Å². The first kappa shape index (κ1) is 21.8. The van der Waals surface area contributed by atoms with Gasteiger partial charge in [-0.1, -0.05) is 24.3 Å². The molecule has 0 radical (unpaired) electrons. The van der Waals surface area contributed by atoms with Crippen LogP contribution >= 0.6 is 11.8 Å². The normalized spacial score (nSPS) is 13.3. The zero-order valence-electron chi connectivity index (χ0n) is 18.5. The first-order valence-corrected chi connectivity index (χ1v) is 11.7. The highest BCUT2D eigenvalue weighted by Gasteiger charge is 2.22. The smallest absolute Gasteiger partial charge is 0.145 e. The minimum absolute atomic E-state index is 0.0591. The number of anilines is 1. The predicted molar refractivity (Wildman–Crippen MR) is 131 cm³/mol. The number of pyridine rings is 1. The Balaban J connectivity index is 1.50. The lowest BCUT2D eigenvalue weighted by Gasteiger charge is -2.26. The highest BCUT2D eigenvalue weighted by molar-refractivity contribution is 7.98. The van der Waals surface area contributed by atoms with E-state index in [-0.39, 0.29) is 17.5 Å². The lowest BCUT2D eigenvalue weighted by atomic mass is 9.97. The molecule has 168 valence electrons. The van der Waals surface area contributed by atoms with Crippen LogP contribution < -0.4 is 10.5 Å². The van der Waals surface area contributed by atoms with Crippen LogP contribution in [-0.2, 0) is 17.5 Å². The number of benzene rings is 2. The van der Waals surface area contributed by atoms with E-state index in [4.69, 9.17) is 15.2 Å². The molecule has 1 aliphatic rings. The summed E-state index contributed by atoms with van der Waals surface area (Å²) in [5, 5.41) is 21.5. The number of aromatic nitrogens is 2. The number of nitrogen functional groups attached to an aromatic ring is 1. The number of rotatable bonds is 6. The molecule has 0 unspecified atom stereocenters. The van der Waals surface area contributed by atoms with E-state index < -0.39 is 0 Å². The summed E-state index contributed by atoms with van der Waals surface area (Å²) in [7, 11) is 2.01. The standard InChI is InChI=1S/C26H21N5O2S/c1-31-10-9-20-17(3-2-4-23(20)31)15-34-26-22(12-28)24(21(11-27)25(29)30-26)16-5-7-18(8-6-16)33-19-13-32-14-19/h2-10,19H,13-15H2,1H3,(H2,29,30). The first-order valence-electron chi connectivity index (χ1n) is 10.7. The molecule has 2 aromatic carbocycles. The van der Waals surface area contributed by atoms with Gasteiger partial charge in [0.2, 0.25) is 0 Å². The van der Waals surface area contributed by atoms with Crippen molar-refractivity contribution < 1.29 is 9.47 Å². The van der Waals surface area contributed by atoms with Crippen molar-refractivity contribution >= 4 is 28.5 Å². The van der Waals surface area contributed by atoms with Gasteiger partial charge in [-0.2, -0.15) is 10.5 Å². The third kappa shape index (κ3) is 3.94. The molecule has 5 rings (SSSR count). The number of nitriles is 2. The van der Waals surface area contributed by atoms with E-state index in [0.717, 1.165) is 16.5 Å². The first-order chi connectivity index (χ1) is 16.6. The molecule has 0 atom stereocenters. The summed E-state index contributed by atoms with van der Waals surface area (Å²) < 4.78 is 13.0. The molecule has 4 aromatic rings. The maximum atomic E-state index is 10.1. The zero-order valence-corrected chi connectivity index (χ0v) is 19.3. The quantitative estimate of drug-likeness (QED) is 0.412. The number of hydrogen-bond donors (Lipinski definition) is 1. The zero-order chi connectivity index (χ0) is 23.7. The SMILES string of the molecule is Cn1ccc2c(CSc3nc(N)c(C#N)c(-c4ccc(OC5COC5)cc4)c3C#N)cccc21. The minimum atomic E-state index is 0.0591. The molecule has 2 N–H and O–H groups in total. The van der Waals surface area contributed by atoms with E-state index >= 15 is 0 Å². The van der Waals surface area contributed by atoms with E-state index in [0.29, 0.717) is 46.4 Å². The largest absolute Gasteiger partial charge is 0.486 e. The third-order valence-electron chi connectivity index (χ3n) is 5.85. The molecular formula is C26H21N5O2S. The fourth-order valence-electron chi connectivity index (χ4n) is 4.00. The summed E-state index contributed by atoms with van der Waals surface area (Å²) in [4.78, 5) is 4.43. The highest BCUT2D eigenvalue weighted by atomic mass is 32.2. The van der Waals surface area contributed by atoms with Crippen LogP contribution in [0.3, 0.4) is 0 Å². The molecule has 1 aliphatic heterocycles. The van der Waals surface area contributed by atoms with Gasteiger partial charge < -0.3 is 19.8 Å². The Bertz CT molecular complexity index is 1460. The van der Waals surface area contributed by atoms with Gasteiger partial charge in [-0.15, -0.1) is 11.8 Å². The molecular weight excluding hydrogens is 446 g/mol. The summed E-state index contributed by atoms with van der Waals surface area (Å²) in [5.74, 6) is 1.44. The van der Waals surface area contributed by atoms with Crippen molar-refractivity contribution in [1.29, 1.82) is 10.5 Å². The van der Waals surface area contributed by atoms with E-state index in [1.165, 1.54) is 11.8 Å². The van der Waals surface area contributed by atoms with Crippen LogP contribution in [0.4, 0.5) is 5.82 Å². The summed E-state index contributed by atoms with van der Waals surface area (Å²) in [6.45, 7) is 1.16. The van der Waals surface area contributed by atoms with E-state index in [1.54, 1.807) is 0 Å². The molecule has 34 heavy (non-hydrogen) atoms. The van der Waals surface area contributed by atoms with Crippen molar-refractivity contribution in [3.63, 3.8) is 0 Å². The van der Waals surface area contributed by atoms with Crippen LogP contribution in [0, 0.1) is 22.7 Å². The number of hydrogen-bond acceptors (Lipinski definition) is 7. The summed E-state index contributed by atoms with van der Waals surface area (Å²) >= 11 is 1.44. The highest BCUT2D eigenvalue weighted by Crippen LogP contribution is 2.38. The van der Waals surface area contributed by atoms with Crippen LogP contribution in [0.15, 0.2) is 59.8 Å². The average Bonchev–Trinajstić information content (AvgIpc) is 3.21. The van der Waals surface area contributed by atoms with Gasteiger partial charge in [0.15, 0.2) is 0 Å². The maximum absolute atomic E-state index is 10.1. The van der Waals surface area contributed by atoms with E-state index in [2.05, 4.69) is 39.9 Å². The van der Waals surface area contributed by atoms with Crippen molar-refractivity contribution in [2.24, 2.45) is 7.05 Å². The van der Waals surface area contributed by atoms with Crippen LogP contribution in [0.2, 0.25) is 0 Å². The lowest BCUT2D eigenvalue weighted by Crippen LogP contribution is -2.38. The predicted octanol–water partition coefficient (Wildman–Crippen LogP) is 4.64. The molecule has 1 saturated heterocycles. The van der Waals surface area contributed by atoms with Gasteiger partial charge in [0, 0.05) is 35.5 Å². The topological polar surface area (TPSA) is 110 Å². The van der Waals surface area contributed by atoms with Gasteiger partial charge in [-0.05, 0) is 35.4 Å². The number of nitrogens with two attached hydrogens (primary N) is 1. The number of aryl methyl sites for hydroxylation is 1. The Labute approximate surface area is 201 Å². The third-order valence-corrected chi connectivity index (χ3v) is 6.88. The van der Waals surface area contributed by atoms with Gasteiger partial charge >= 0.3 is 0 Å². The fraction of sp³-hybridized carbons (Fsp3) is 0.192. The van der Waals surface area contributed by atoms with Crippen LogP contribution in [0.25, 0.3) is 22.0 Å². The van der Waals surface area contributed by atoms with Gasteiger partial charge in [0.25, 0.3) is 0 Å². The Morgan fingerprint density at radius 3 is 2.56 bits per heavy atom. The average molecular weight is 468 g/mol. The minimum Gasteiger partial charge on any atom is -0.486 e. The van der Waals surface area contributed by atoms with E-state index in [9.17, 15) is 10.5 Å². The number of fused-ring (bicyclic) bond motifs is 1. The monoisotopic (exact) mass is 467 g/mol. The molecule has 0 spiro atoms. The van der Waals surface area contributed by atoms with Crippen molar-refractivity contribution in [2.45, 2.75) is 16.9 Å². The fourth-order valence-corrected chi connectivity index (χ4v) is 5.00. The van der Waals surface area contributed by atoms with Crippen molar-refractivity contribution in [3.8, 4) is 29.0 Å². The second-order valence-corrected chi connectivity index (χ2v) is 8.98. The summed E-state index contributed by atoms with van der Waals surface area (Å²) in [5.41, 5.74) is 10.2. The molecule has 0 aliphatic carbocycles. The Morgan fingerprint density at radius 1 is 1.12 bits per heavy atom. The lowest BCUT2D eigenvalue weighted by molar-refractivity contribution is -0.0796. The number of ether oxygens (including phenoxy) is 2. The molecule has 2 aromatic heterocycles. The van der Waals surface area contributed by atoms with Crippen molar-refractivity contribution in [1.82, 2.24) is 9.55 Å². The second-order valence-electron chi connectivity index (χ2n) is 8.02. The molecule has 1 fully saturated rings. The van der Waals surface area contributed by atoms with Crippen molar-refractivity contribution in [3.05, 3.63) is 71.4 Å². The molecule has 3 heterocycles. The number of nitrogens with zero attached hydrogens (tertiary/aromatic N) is 4. The summed E-state index contributed by atoms with van der Waals surface area (Å²) in [6.07, 6.45) is 2.09. The van der Waals surface area contributed by atoms with Crippen LogP contribution in [0.5, 0.6) is 5.75 Å². The van der Waals surface area contributed by atoms with Crippen LogP contribution in [0.1, 0.15) is 16.7 Å². The maximum Gasteiger partial charge on any atom is 0.145 e. The summed E-state index contributed by atoms with van der Waals surface area (Å²) in [6, 6.07) is 20.0. The molecule has 0 amide bonds. The van der Waals surface area contributed by atoms with Crippen molar-refractivity contribution in [2.75, 3.05) is 18.9 Å².